The quantitative estimate of drug-likeness (QED) is 0.219. The highest BCUT2D eigenvalue weighted by Gasteiger charge is 2.33. The van der Waals surface area contributed by atoms with Crippen LogP contribution in [-0.2, 0) is 26.9 Å². The number of hydrogen-bond acceptors (Lipinski definition) is 9. The van der Waals surface area contributed by atoms with Crippen LogP contribution in [0.4, 0.5) is 5.69 Å². The second-order valence-electron chi connectivity index (χ2n) is 6.25. The van der Waals surface area contributed by atoms with Crippen molar-refractivity contribution in [2.45, 2.75) is 19.1 Å². The number of nitrogens with two attached hydrogens (primary N) is 1. The third-order valence-corrected chi connectivity index (χ3v) is 5.01. The minimum Gasteiger partial charge on any atom is -0.493 e. The maximum Gasteiger partial charge on any atom is 0.693 e. The number of hydrogen-bond donors (Lipinski definition) is 2. The van der Waals surface area contributed by atoms with E-state index in [0.717, 1.165) is 6.07 Å². The molecule has 0 saturated heterocycles. The van der Waals surface area contributed by atoms with Gasteiger partial charge in [-0.25, -0.2) is 4.52 Å². The molecule has 2 rings (SSSR count). The van der Waals surface area contributed by atoms with Crippen molar-refractivity contribution in [3.8, 4) is 17.2 Å². The maximum atomic E-state index is 12.4. The summed E-state index contributed by atoms with van der Waals surface area (Å²) in [6.45, 7) is -0.553. The van der Waals surface area contributed by atoms with Gasteiger partial charge < -0.3 is 29.7 Å². The van der Waals surface area contributed by atoms with Gasteiger partial charge in [-0.05, 0) is 30.2 Å². The van der Waals surface area contributed by atoms with Crippen molar-refractivity contribution in [2.24, 2.45) is 5.73 Å². The summed E-state index contributed by atoms with van der Waals surface area (Å²) >= 11 is 0. The average Bonchev–Trinajstić information content (AvgIpc) is 2.72. The van der Waals surface area contributed by atoms with Crippen LogP contribution in [-0.4, -0.2) is 41.2 Å². The van der Waals surface area contributed by atoms with Crippen molar-refractivity contribution in [3.63, 3.8) is 0 Å². The van der Waals surface area contributed by atoms with Crippen molar-refractivity contribution in [1.29, 1.82) is 0 Å². The Bertz CT molecular complexity index is 996. The molecule has 0 aliphatic rings. The predicted octanol–water partition coefficient (Wildman–Crippen LogP) is 1.99. The number of ether oxygens (including phenoxy) is 2. The van der Waals surface area contributed by atoms with Crippen molar-refractivity contribution in [2.75, 3.05) is 14.2 Å². The molecule has 0 heterocycles. The second kappa shape index (κ2) is 10.2. The molecule has 13 heteroatoms. The van der Waals surface area contributed by atoms with Crippen LogP contribution in [0.15, 0.2) is 36.4 Å². The first kappa shape index (κ1) is 24.1. The molecule has 0 amide bonds. The van der Waals surface area contributed by atoms with Gasteiger partial charge in [0.1, 0.15) is 11.8 Å². The first-order chi connectivity index (χ1) is 14.6. The summed E-state index contributed by atoms with van der Waals surface area (Å²) < 4.78 is 32.6. The minimum atomic E-state index is -4.39. The number of nitro groups is 1. The Balaban J connectivity index is 2.10. The molecule has 168 valence electrons. The molecule has 0 fully saturated rings. The third kappa shape index (κ3) is 6.66. The number of carboxylic acids is 1. The topological polar surface area (TPSA) is 183 Å². The molecule has 0 aliphatic heterocycles. The molecule has 0 spiro atoms. The van der Waals surface area contributed by atoms with Gasteiger partial charge in [-0.3, -0.25) is 14.9 Å². The number of nitrogens with zero attached hydrogens (tertiary/aromatic N) is 1. The Kier molecular flexibility index (Phi) is 7.95. The summed E-state index contributed by atoms with van der Waals surface area (Å²) in [5, 5.41) is 20.2. The SMILES string of the molecule is COc1cc(COP(=O)([OH2+])Oc2ccc(C[C@H](N)C(=O)O)cc2)c([N+](=O)[O-])cc1OC. The summed E-state index contributed by atoms with van der Waals surface area (Å²) in [5.41, 5.74) is 5.71. The normalized spacial score (nSPS) is 13.7. The van der Waals surface area contributed by atoms with Crippen LogP contribution < -0.4 is 19.7 Å². The molecule has 2 atom stereocenters. The van der Waals surface area contributed by atoms with Crippen LogP contribution in [0.25, 0.3) is 0 Å². The minimum absolute atomic E-state index is 0.0109. The summed E-state index contributed by atoms with van der Waals surface area (Å²) in [6.07, 6.45) is 0.0770. The Morgan fingerprint density at radius 1 is 1.23 bits per heavy atom. The molecule has 0 radical (unpaired) electrons. The number of methoxy groups -OCH3 is 2. The van der Waals surface area contributed by atoms with E-state index in [4.69, 9.17) is 34.3 Å². The monoisotopic (exact) mass is 457 g/mol. The Morgan fingerprint density at radius 2 is 1.81 bits per heavy atom. The van der Waals surface area contributed by atoms with E-state index < -0.39 is 31.4 Å². The molecule has 31 heavy (non-hydrogen) atoms. The zero-order chi connectivity index (χ0) is 23.2. The van der Waals surface area contributed by atoms with Gasteiger partial charge in [0.15, 0.2) is 11.5 Å². The highest BCUT2D eigenvalue weighted by Crippen LogP contribution is 2.46. The van der Waals surface area contributed by atoms with E-state index in [9.17, 15) is 19.5 Å². The molecule has 0 saturated carbocycles. The number of carboxylic acid groups (broad SMARTS) is 1. The van der Waals surface area contributed by atoms with Gasteiger partial charge in [-0.1, -0.05) is 12.1 Å². The summed E-state index contributed by atoms with van der Waals surface area (Å²) in [5.74, 6) is -0.782. The van der Waals surface area contributed by atoms with Crippen molar-refractivity contribution in [3.05, 3.63) is 57.6 Å². The number of aliphatic carboxylic acids is 1. The first-order valence-electron chi connectivity index (χ1n) is 8.72. The maximum absolute atomic E-state index is 12.4. The van der Waals surface area contributed by atoms with E-state index in [1.54, 1.807) is 0 Å². The molecule has 1 unspecified atom stereocenters. The van der Waals surface area contributed by atoms with E-state index >= 15 is 0 Å². The smallest absolute Gasteiger partial charge is 0.493 e. The van der Waals surface area contributed by atoms with Crippen LogP contribution in [0.5, 0.6) is 17.2 Å². The van der Waals surface area contributed by atoms with Crippen molar-refractivity contribution in [1.82, 2.24) is 0 Å². The van der Waals surface area contributed by atoms with E-state index in [2.05, 4.69) is 0 Å². The fraction of sp³-hybridized carbons (Fsp3) is 0.278. The summed E-state index contributed by atoms with van der Waals surface area (Å²) in [4.78, 5) is 29.2. The Hall–Kier alpha value is -3.18. The van der Waals surface area contributed by atoms with Gasteiger partial charge in [-0.2, -0.15) is 4.57 Å². The predicted molar refractivity (Wildman–Crippen MR) is 109 cm³/mol. The summed E-state index contributed by atoms with van der Waals surface area (Å²) in [7, 11) is -1.72. The van der Waals surface area contributed by atoms with Crippen LogP contribution in [0, 0.1) is 10.1 Å². The standard InChI is InChI=1S/C18H21N2O10P/c1-27-16-8-12(15(20(23)24)9-17(16)28-2)10-29-31(25,26)30-13-5-3-11(4-6-13)7-14(19)18(21)22/h3-6,8-9,14H,7,10,19H2,1-2H3,(H,21,22)(H,25,26)/p+1/t14-/m0/s1. The molecular formula is C18H22N2O10P+. The van der Waals surface area contributed by atoms with Gasteiger partial charge in [0.05, 0.1) is 37.4 Å². The fourth-order valence-electron chi connectivity index (χ4n) is 2.54. The highest BCUT2D eigenvalue weighted by molar-refractivity contribution is 7.47. The van der Waals surface area contributed by atoms with Crippen LogP contribution in [0.1, 0.15) is 11.1 Å². The zero-order valence-electron chi connectivity index (χ0n) is 16.6. The second-order valence-corrected chi connectivity index (χ2v) is 7.68. The molecule has 5 N–H and O–H groups in total. The molecule has 12 nitrogen and oxygen atoms in total. The lowest BCUT2D eigenvalue weighted by atomic mass is 10.1. The lowest BCUT2D eigenvalue weighted by Gasteiger charge is -2.12. The van der Waals surface area contributed by atoms with Crippen LogP contribution in [0.2, 0.25) is 0 Å². The van der Waals surface area contributed by atoms with E-state index in [0.29, 0.717) is 5.56 Å². The first-order valence-corrected chi connectivity index (χ1v) is 10.3. The molecular weight excluding hydrogens is 435 g/mol. The lowest BCUT2D eigenvalue weighted by Crippen LogP contribution is -2.32. The molecule has 2 aromatic rings. The van der Waals surface area contributed by atoms with Crippen LogP contribution in [0.3, 0.4) is 0 Å². The molecule has 0 aromatic heterocycles. The lowest BCUT2D eigenvalue weighted by molar-refractivity contribution is -0.385. The van der Waals surface area contributed by atoms with E-state index in [1.165, 1.54) is 44.6 Å². The van der Waals surface area contributed by atoms with Gasteiger partial charge in [0, 0.05) is 0 Å². The van der Waals surface area contributed by atoms with Gasteiger partial charge in [0.25, 0.3) is 5.69 Å². The summed E-state index contributed by atoms with van der Waals surface area (Å²) in [6, 6.07) is 7.13. The Morgan fingerprint density at radius 3 is 2.32 bits per heavy atom. The Labute approximate surface area is 176 Å². The van der Waals surface area contributed by atoms with Gasteiger partial charge in [0.2, 0.25) is 0 Å². The van der Waals surface area contributed by atoms with Gasteiger partial charge >= 0.3 is 13.8 Å². The highest BCUT2D eigenvalue weighted by atomic mass is 31.2. The number of rotatable bonds is 11. The van der Waals surface area contributed by atoms with Crippen molar-refractivity contribution < 1.29 is 42.8 Å². The number of nitro benzene ring substituents is 1. The molecule has 0 aliphatic carbocycles. The van der Waals surface area contributed by atoms with Crippen LogP contribution >= 0.6 is 7.82 Å². The largest absolute Gasteiger partial charge is 0.693 e. The van der Waals surface area contributed by atoms with E-state index in [-0.39, 0.29) is 34.9 Å². The van der Waals surface area contributed by atoms with Crippen molar-refractivity contribution >= 4 is 19.5 Å². The van der Waals surface area contributed by atoms with E-state index in [1.807, 2.05) is 0 Å². The average molecular weight is 457 g/mol. The zero-order valence-corrected chi connectivity index (χ0v) is 17.5. The fourth-order valence-corrected chi connectivity index (χ4v) is 3.30. The molecule has 0 bridgehead atoms. The number of carbonyl (C=O) groups is 1. The molecule has 2 aromatic carbocycles. The number of benzene rings is 2. The third-order valence-electron chi connectivity index (χ3n) is 4.09. The van der Waals surface area contributed by atoms with Gasteiger partial charge in [-0.15, -0.1) is 0 Å².